The zero-order valence-corrected chi connectivity index (χ0v) is 20.1. The molecule has 0 aromatic heterocycles. The molecule has 0 unspecified atom stereocenters. The van der Waals surface area contributed by atoms with E-state index in [0.29, 0.717) is 23.0 Å². The van der Waals surface area contributed by atoms with Crippen molar-refractivity contribution in [2.24, 2.45) is 0 Å². The van der Waals surface area contributed by atoms with E-state index >= 15 is 0 Å². The number of benzene rings is 3. The summed E-state index contributed by atoms with van der Waals surface area (Å²) in [6, 6.07) is 21.1. The van der Waals surface area contributed by atoms with E-state index < -0.39 is 33.7 Å². The van der Waals surface area contributed by atoms with Crippen molar-refractivity contribution in [1.29, 1.82) is 0 Å². The summed E-state index contributed by atoms with van der Waals surface area (Å²) in [5, 5.41) is 2.03. The number of imide groups is 1. The molecular formula is C25H20N2O6S2. The zero-order chi connectivity index (χ0) is 25.0. The molecule has 3 amide bonds. The van der Waals surface area contributed by atoms with Gasteiger partial charge in [-0.1, -0.05) is 54.1 Å². The Bertz CT molecular complexity index is 1420. The molecule has 1 fully saturated rings. The third-order valence-corrected chi connectivity index (χ3v) is 7.10. The van der Waals surface area contributed by atoms with Crippen LogP contribution in [0.1, 0.15) is 11.1 Å². The molecule has 0 spiro atoms. The minimum absolute atomic E-state index is 0.00157. The molecule has 8 nitrogen and oxygen atoms in total. The topological polar surface area (TPSA) is 110 Å². The van der Waals surface area contributed by atoms with Crippen LogP contribution >= 0.6 is 11.8 Å². The Morgan fingerprint density at radius 3 is 2.34 bits per heavy atom. The molecule has 1 N–H and O–H groups in total. The number of carbonyl (C=O) groups is 3. The number of hydrogen-bond acceptors (Lipinski definition) is 7. The summed E-state index contributed by atoms with van der Waals surface area (Å²) in [6.45, 7) is 1.39. The number of rotatable bonds is 7. The van der Waals surface area contributed by atoms with Crippen LogP contribution in [0.25, 0.3) is 6.08 Å². The molecular weight excluding hydrogens is 488 g/mol. The molecule has 35 heavy (non-hydrogen) atoms. The number of aryl methyl sites for hydroxylation is 1. The summed E-state index contributed by atoms with van der Waals surface area (Å²) < 4.78 is 30.8. The summed E-state index contributed by atoms with van der Waals surface area (Å²) in [5.41, 5.74) is 1.74. The second-order valence-electron chi connectivity index (χ2n) is 7.57. The number of hydrogen-bond donors (Lipinski definition) is 1. The molecule has 3 aromatic rings. The molecule has 0 radical (unpaired) electrons. The third-order valence-electron chi connectivity index (χ3n) is 4.95. The fourth-order valence-electron chi connectivity index (χ4n) is 3.19. The Balaban J connectivity index is 1.52. The Morgan fingerprint density at radius 1 is 0.971 bits per heavy atom. The molecule has 0 bridgehead atoms. The number of carbonyl (C=O) groups excluding carboxylic acids is 3. The molecule has 178 valence electrons. The number of para-hydroxylation sites is 2. The van der Waals surface area contributed by atoms with Crippen molar-refractivity contribution in [1.82, 2.24) is 4.90 Å². The molecule has 0 atom stereocenters. The van der Waals surface area contributed by atoms with E-state index in [0.717, 1.165) is 10.5 Å². The van der Waals surface area contributed by atoms with E-state index in [9.17, 15) is 22.8 Å². The van der Waals surface area contributed by atoms with Crippen LogP contribution in [0.5, 0.6) is 5.75 Å². The van der Waals surface area contributed by atoms with Crippen molar-refractivity contribution < 1.29 is 27.0 Å². The first-order chi connectivity index (χ1) is 16.7. The molecule has 3 aromatic carbocycles. The summed E-state index contributed by atoms with van der Waals surface area (Å²) in [7, 11) is -4.12. The lowest BCUT2D eigenvalue weighted by atomic mass is 10.2. The number of nitrogens with one attached hydrogen (secondary N) is 1. The molecule has 1 heterocycles. The Kier molecular flexibility index (Phi) is 7.04. The summed E-state index contributed by atoms with van der Waals surface area (Å²) in [6.07, 6.45) is 1.37. The molecule has 1 saturated heterocycles. The van der Waals surface area contributed by atoms with Crippen molar-refractivity contribution in [3.63, 3.8) is 0 Å². The van der Waals surface area contributed by atoms with Gasteiger partial charge in [-0.05, 0) is 55.1 Å². The normalized spacial score (nSPS) is 14.9. The van der Waals surface area contributed by atoms with E-state index in [1.165, 1.54) is 24.3 Å². The average Bonchev–Trinajstić information content (AvgIpc) is 3.08. The van der Waals surface area contributed by atoms with Crippen LogP contribution in [-0.2, 0) is 19.7 Å². The van der Waals surface area contributed by atoms with Crippen LogP contribution in [0.2, 0.25) is 0 Å². The van der Waals surface area contributed by atoms with E-state index in [1.54, 1.807) is 60.7 Å². The maximum absolute atomic E-state index is 12.8. The lowest BCUT2D eigenvalue weighted by molar-refractivity contribution is -0.127. The molecule has 0 saturated carbocycles. The van der Waals surface area contributed by atoms with Gasteiger partial charge in [0.1, 0.15) is 17.2 Å². The predicted molar refractivity (Wildman–Crippen MR) is 133 cm³/mol. The lowest BCUT2D eigenvalue weighted by Gasteiger charge is -2.12. The molecule has 1 aliphatic rings. The summed E-state index contributed by atoms with van der Waals surface area (Å²) >= 11 is 0.663. The monoisotopic (exact) mass is 508 g/mol. The van der Waals surface area contributed by atoms with Gasteiger partial charge in [0.05, 0.1) is 4.91 Å². The van der Waals surface area contributed by atoms with Crippen molar-refractivity contribution in [3.05, 3.63) is 94.9 Å². The highest BCUT2D eigenvalue weighted by Gasteiger charge is 2.36. The lowest BCUT2D eigenvalue weighted by Crippen LogP contribution is -2.36. The van der Waals surface area contributed by atoms with E-state index in [-0.39, 0.29) is 15.6 Å². The molecule has 4 rings (SSSR count). The summed E-state index contributed by atoms with van der Waals surface area (Å²) in [5.74, 6) is -1.17. The van der Waals surface area contributed by atoms with Crippen LogP contribution in [-0.4, -0.2) is 36.9 Å². The molecule has 10 heteroatoms. The van der Waals surface area contributed by atoms with Gasteiger partial charge in [-0.25, -0.2) is 0 Å². The maximum Gasteiger partial charge on any atom is 0.339 e. The predicted octanol–water partition coefficient (Wildman–Crippen LogP) is 4.44. The van der Waals surface area contributed by atoms with Gasteiger partial charge < -0.3 is 9.50 Å². The van der Waals surface area contributed by atoms with Crippen LogP contribution in [0.15, 0.2) is 88.7 Å². The second-order valence-corrected chi connectivity index (χ2v) is 10.1. The number of amides is 3. The standard InChI is InChI=1S/C25H20N2O6S2/c1-17-11-13-20(14-12-17)35(31,32)33-21-10-6-5-7-18(21)15-22-24(29)27(25(30)34-22)16-23(28)26-19-8-3-2-4-9-19/h2-15H,16H2,1H3,(H,26,28)/b22-15-. The quantitative estimate of drug-likeness (QED) is 0.371. The SMILES string of the molecule is Cc1ccc(S(=O)(=O)Oc2ccccc2/C=C2\SC(=O)N(CC(=O)Nc3ccccc3)C2=O)cc1. The number of anilines is 1. The van der Waals surface area contributed by atoms with Gasteiger partial charge in [-0.2, -0.15) is 8.42 Å². The maximum atomic E-state index is 12.8. The van der Waals surface area contributed by atoms with E-state index in [2.05, 4.69) is 5.32 Å². The zero-order valence-electron chi connectivity index (χ0n) is 18.5. The molecule has 1 aliphatic heterocycles. The van der Waals surface area contributed by atoms with Gasteiger partial charge in [-0.15, -0.1) is 0 Å². The second kappa shape index (κ2) is 10.2. The summed E-state index contributed by atoms with van der Waals surface area (Å²) in [4.78, 5) is 38.4. The number of thioether (sulfide) groups is 1. The van der Waals surface area contributed by atoms with Crippen LogP contribution < -0.4 is 9.50 Å². The Morgan fingerprint density at radius 2 is 1.63 bits per heavy atom. The smallest absolute Gasteiger partial charge is 0.339 e. The van der Waals surface area contributed by atoms with E-state index in [1.807, 2.05) is 6.92 Å². The fourth-order valence-corrected chi connectivity index (χ4v) is 4.97. The number of nitrogens with zero attached hydrogens (tertiary/aromatic N) is 1. The van der Waals surface area contributed by atoms with Crippen molar-refractivity contribution in [3.8, 4) is 5.75 Å². The first kappa shape index (κ1) is 24.2. The largest absolute Gasteiger partial charge is 0.378 e. The van der Waals surface area contributed by atoms with Gasteiger partial charge in [0.15, 0.2) is 0 Å². The molecule has 0 aliphatic carbocycles. The minimum atomic E-state index is -4.12. The third kappa shape index (κ3) is 5.79. The first-order valence-electron chi connectivity index (χ1n) is 10.4. The minimum Gasteiger partial charge on any atom is -0.378 e. The van der Waals surface area contributed by atoms with Gasteiger partial charge in [0, 0.05) is 11.3 Å². The van der Waals surface area contributed by atoms with Crippen molar-refractivity contribution >= 4 is 50.7 Å². The average molecular weight is 509 g/mol. The van der Waals surface area contributed by atoms with Crippen LogP contribution in [0.3, 0.4) is 0 Å². The highest BCUT2D eigenvalue weighted by molar-refractivity contribution is 8.18. The fraction of sp³-hybridized carbons (Fsp3) is 0.0800. The van der Waals surface area contributed by atoms with Gasteiger partial charge >= 0.3 is 10.1 Å². The van der Waals surface area contributed by atoms with Crippen LogP contribution in [0, 0.1) is 6.92 Å². The van der Waals surface area contributed by atoms with Gasteiger partial charge in [-0.3, -0.25) is 19.3 Å². The van der Waals surface area contributed by atoms with Crippen molar-refractivity contribution in [2.45, 2.75) is 11.8 Å². The highest BCUT2D eigenvalue weighted by atomic mass is 32.2. The first-order valence-corrected chi connectivity index (χ1v) is 12.7. The Hall–Kier alpha value is -3.89. The van der Waals surface area contributed by atoms with Gasteiger partial charge in [0.2, 0.25) is 5.91 Å². The highest BCUT2D eigenvalue weighted by Crippen LogP contribution is 2.34. The Labute approximate surface area is 206 Å². The van der Waals surface area contributed by atoms with E-state index in [4.69, 9.17) is 4.18 Å². The van der Waals surface area contributed by atoms with Gasteiger partial charge in [0.25, 0.3) is 11.1 Å². The van der Waals surface area contributed by atoms with Crippen LogP contribution in [0.4, 0.5) is 10.5 Å². The van der Waals surface area contributed by atoms with Crippen molar-refractivity contribution in [2.75, 3.05) is 11.9 Å².